The Kier molecular flexibility index (Phi) is 5.65. The third-order valence-electron chi connectivity index (χ3n) is 4.91. The summed E-state index contributed by atoms with van der Waals surface area (Å²) in [5.41, 5.74) is 2.11. The first kappa shape index (κ1) is 20.1. The van der Waals surface area contributed by atoms with Gasteiger partial charge in [-0.15, -0.1) is 0 Å². The maximum absolute atomic E-state index is 13.1. The number of nitrogens with one attached hydrogen (secondary N) is 1. The number of rotatable bonds is 7. The standard InChI is InChI=1S/C22H22N6O3/c1-27-9-8-24-21(27)20(16-10-18(30-2)12-19(11-16)31-3)26-22(29)15-4-6-17(7-5-15)28-14-23-13-25-28/h4-14,20H,1-3H3,(H,26,29). The third-order valence-corrected chi connectivity index (χ3v) is 4.91. The van der Waals surface area contributed by atoms with Gasteiger partial charge < -0.3 is 19.4 Å². The van der Waals surface area contributed by atoms with Gasteiger partial charge in [0.15, 0.2) is 0 Å². The van der Waals surface area contributed by atoms with Crippen LogP contribution >= 0.6 is 0 Å². The lowest BCUT2D eigenvalue weighted by Gasteiger charge is -2.20. The number of methoxy groups -OCH3 is 2. The summed E-state index contributed by atoms with van der Waals surface area (Å²) in [4.78, 5) is 21.5. The number of hydrogen-bond donors (Lipinski definition) is 1. The van der Waals surface area contributed by atoms with Crippen molar-refractivity contribution in [1.82, 2.24) is 29.6 Å². The minimum atomic E-state index is -0.508. The van der Waals surface area contributed by atoms with E-state index in [2.05, 4.69) is 20.4 Å². The highest BCUT2D eigenvalue weighted by molar-refractivity contribution is 5.94. The molecule has 0 aliphatic heterocycles. The number of carbonyl (C=O) groups excluding carboxylic acids is 1. The Bertz CT molecular complexity index is 1150. The first-order chi connectivity index (χ1) is 15.1. The molecule has 9 nitrogen and oxygen atoms in total. The van der Waals surface area contributed by atoms with Gasteiger partial charge in [-0.1, -0.05) is 0 Å². The van der Waals surface area contributed by atoms with Crippen molar-refractivity contribution in [2.75, 3.05) is 14.2 Å². The molecule has 2 heterocycles. The zero-order valence-electron chi connectivity index (χ0n) is 17.4. The number of aromatic nitrogens is 5. The average molecular weight is 418 g/mol. The lowest BCUT2D eigenvalue weighted by Crippen LogP contribution is -2.31. The second-order valence-corrected chi connectivity index (χ2v) is 6.84. The molecule has 0 spiro atoms. The van der Waals surface area contributed by atoms with E-state index in [1.807, 2.05) is 42.1 Å². The molecular weight excluding hydrogens is 396 g/mol. The number of benzene rings is 2. The predicted molar refractivity (Wildman–Crippen MR) is 113 cm³/mol. The van der Waals surface area contributed by atoms with Crippen LogP contribution in [0.15, 0.2) is 67.5 Å². The Morgan fingerprint density at radius 1 is 1.06 bits per heavy atom. The predicted octanol–water partition coefficient (Wildman–Crippen LogP) is 2.54. The highest BCUT2D eigenvalue weighted by Crippen LogP contribution is 2.29. The second kappa shape index (κ2) is 8.70. The van der Waals surface area contributed by atoms with Gasteiger partial charge in [-0.25, -0.2) is 14.6 Å². The van der Waals surface area contributed by atoms with E-state index in [9.17, 15) is 4.79 Å². The summed E-state index contributed by atoms with van der Waals surface area (Å²) in [7, 11) is 5.05. The Hall–Kier alpha value is -4.14. The molecule has 4 aromatic rings. The zero-order valence-corrected chi connectivity index (χ0v) is 17.4. The van der Waals surface area contributed by atoms with Crippen LogP contribution in [0.25, 0.3) is 5.69 Å². The highest BCUT2D eigenvalue weighted by Gasteiger charge is 2.23. The molecule has 0 radical (unpaired) electrons. The lowest BCUT2D eigenvalue weighted by molar-refractivity contribution is 0.0941. The molecule has 2 aromatic heterocycles. The van der Waals surface area contributed by atoms with Crippen molar-refractivity contribution in [2.45, 2.75) is 6.04 Å². The molecule has 1 unspecified atom stereocenters. The molecular formula is C22H22N6O3. The Balaban J connectivity index is 1.66. The maximum Gasteiger partial charge on any atom is 0.252 e. The molecule has 0 saturated carbocycles. The summed E-state index contributed by atoms with van der Waals surface area (Å²) < 4.78 is 14.3. The molecule has 4 rings (SSSR count). The van der Waals surface area contributed by atoms with Gasteiger partial charge >= 0.3 is 0 Å². The fourth-order valence-electron chi connectivity index (χ4n) is 3.27. The molecule has 158 valence electrons. The molecule has 2 aromatic carbocycles. The molecule has 0 aliphatic carbocycles. The largest absolute Gasteiger partial charge is 0.497 e. The van der Waals surface area contributed by atoms with E-state index in [-0.39, 0.29) is 5.91 Å². The van der Waals surface area contributed by atoms with Crippen molar-refractivity contribution in [1.29, 1.82) is 0 Å². The maximum atomic E-state index is 13.1. The van der Waals surface area contributed by atoms with Crippen molar-refractivity contribution in [2.24, 2.45) is 7.05 Å². The Morgan fingerprint density at radius 3 is 2.32 bits per heavy atom. The van der Waals surface area contributed by atoms with E-state index < -0.39 is 6.04 Å². The molecule has 1 atom stereocenters. The molecule has 0 fully saturated rings. The number of ether oxygens (including phenoxy) is 2. The highest BCUT2D eigenvalue weighted by atomic mass is 16.5. The van der Waals surface area contributed by atoms with Crippen molar-refractivity contribution in [3.05, 3.63) is 84.5 Å². The van der Waals surface area contributed by atoms with Gasteiger partial charge in [0.1, 0.15) is 36.0 Å². The molecule has 1 amide bonds. The van der Waals surface area contributed by atoms with E-state index in [1.54, 1.807) is 49.6 Å². The van der Waals surface area contributed by atoms with E-state index >= 15 is 0 Å². The fourth-order valence-corrected chi connectivity index (χ4v) is 3.27. The van der Waals surface area contributed by atoms with Gasteiger partial charge in [0.25, 0.3) is 5.91 Å². The number of carbonyl (C=O) groups is 1. The second-order valence-electron chi connectivity index (χ2n) is 6.84. The quantitative estimate of drug-likeness (QED) is 0.496. The molecule has 9 heteroatoms. The van der Waals surface area contributed by atoms with Gasteiger partial charge in [-0.3, -0.25) is 4.79 Å². The van der Waals surface area contributed by atoms with Crippen LogP contribution in [0, 0.1) is 0 Å². The van der Waals surface area contributed by atoms with E-state index in [1.165, 1.54) is 6.33 Å². The number of amides is 1. The first-order valence-electron chi connectivity index (χ1n) is 9.55. The van der Waals surface area contributed by atoms with Crippen molar-refractivity contribution >= 4 is 5.91 Å². The van der Waals surface area contributed by atoms with Gasteiger partial charge in [0.2, 0.25) is 0 Å². The topological polar surface area (TPSA) is 96.1 Å². The van der Waals surface area contributed by atoms with Gasteiger partial charge in [-0.05, 0) is 42.0 Å². The van der Waals surface area contributed by atoms with Crippen LogP contribution in [0.2, 0.25) is 0 Å². The van der Waals surface area contributed by atoms with Gasteiger partial charge in [-0.2, -0.15) is 5.10 Å². The summed E-state index contributed by atoms with van der Waals surface area (Å²) in [6, 6.07) is 12.1. The van der Waals surface area contributed by atoms with Crippen LogP contribution < -0.4 is 14.8 Å². The molecule has 0 saturated heterocycles. The Labute approximate surface area is 179 Å². The van der Waals surface area contributed by atoms with Crippen LogP contribution in [0.1, 0.15) is 27.8 Å². The summed E-state index contributed by atoms with van der Waals surface area (Å²) in [5.74, 6) is 1.70. The van der Waals surface area contributed by atoms with E-state index in [0.29, 0.717) is 22.9 Å². The van der Waals surface area contributed by atoms with Crippen LogP contribution in [0.4, 0.5) is 0 Å². The lowest BCUT2D eigenvalue weighted by atomic mass is 10.0. The minimum absolute atomic E-state index is 0.236. The summed E-state index contributed by atoms with van der Waals surface area (Å²) >= 11 is 0. The summed E-state index contributed by atoms with van der Waals surface area (Å²) in [6.07, 6.45) is 6.58. The third kappa shape index (κ3) is 4.25. The minimum Gasteiger partial charge on any atom is -0.497 e. The average Bonchev–Trinajstić information content (AvgIpc) is 3.49. The summed E-state index contributed by atoms with van der Waals surface area (Å²) in [5, 5.41) is 7.18. The Morgan fingerprint density at radius 2 is 1.77 bits per heavy atom. The van der Waals surface area contributed by atoms with Gasteiger partial charge in [0, 0.05) is 31.1 Å². The van der Waals surface area contributed by atoms with Crippen LogP contribution in [0.3, 0.4) is 0 Å². The van der Waals surface area contributed by atoms with Crippen LogP contribution in [0.5, 0.6) is 11.5 Å². The smallest absolute Gasteiger partial charge is 0.252 e. The number of nitrogens with zero attached hydrogens (tertiary/aromatic N) is 5. The van der Waals surface area contributed by atoms with Crippen LogP contribution in [-0.2, 0) is 7.05 Å². The zero-order chi connectivity index (χ0) is 21.8. The first-order valence-corrected chi connectivity index (χ1v) is 9.55. The number of hydrogen-bond acceptors (Lipinski definition) is 6. The van der Waals surface area contributed by atoms with E-state index in [0.717, 1.165) is 11.3 Å². The molecule has 1 N–H and O–H groups in total. The monoisotopic (exact) mass is 418 g/mol. The summed E-state index contributed by atoms with van der Waals surface area (Å²) in [6.45, 7) is 0. The molecule has 31 heavy (non-hydrogen) atoms. The SMILES string of the molecule is COc1cc(OC)cc(C(NC(=O)c2ccc(-n3cncn3)cc2)c2nccn2C)c1. The van der Waals surface area contributed by atoms with Crippen molar-refractivity contribution in [3.8, 4) is 17.2 Å². The van der Waals surface area contributed by atoms with Crippen molar-refractivity contribution < 1.29 is 14.3 Å². The van der Waals surface area contributed by atoms with Crippen molar-refractivity contribution in [3.63, 3.8) is 0 Å². The fraction of sp³-hybridized carbons (Fsp3) is 0.182. The normalized spacial score (nSPS) is 11.7. The molecule has 0 aliphatic rings. The number of imidazole rings is 1. The molecule has 0 bridgehead atoms. The number of aryl methyl sites for hydroxylation is 1. The van der Waals surface area contributed by atoms with Gasteiger partial charge in [0.05, 0.1) is 19.9 Å². The van der Waals surface area contributed by atoms with E-state index in [4.69, 9.17) is 9.47 Å². The van der Waals surface area contributed by atoms with Crippen LogP contribution in [-0.4, -0.2) is 44.4 Å².